The number of ether oxygens (including phenoxy) is 3. The minimum absolute atomic E-state index is 0. The van der Waals surface area contributed by atoms with Gasteiger partial charge in [-0.1, -0.05) is 6.92 Å². The maximum absolute atomic E-state index is 11.5. The molecule has 7 nitrogen and oxygen atoms in total. The molecule has 0 radical (unpaired) electrons. The van der Waals surface area contributed by atoms with Crippen molar-refractivity contribution in [3.8, 4) is 0 Å². The van der Waals surface area contributed by atoms with E-state index >= 15 is 0 Å². The van der Waals surface area contributed by atoms with E-state index in [0.717, 1.165) is 0 Å². The van der Waals surface area contributed by atoms with E-state index < -0.39 is 21.3 Å². The quantitative estimate of drug-likeness (QED) is 0.183. The first-order valence-electron chi connectivity index (χ1n) is 5.92. The summed E-state index contributed by atoms with van der Waals surface area (Å²) in [5.74, 6) is -0.893. The van der Waals surface area contributed by atoms with Crippen LogP contribution >= 0.6 is 0 Å². The molecule has 0 saturated heterocycles. The molecule has 0 aliphatic carbocycles. The molecule has 0 heterocycles. The molecule has 1 unspecified atom stereocenters. The van der Waals surface area contributed by atoms with Gasteiger partial charge in [-0.2, -0.15) is 0 Å². The second-order valence-corrected chi connectivity index (χ2v) is 5.86. The van der Waals surface area contributed by atoms with Crippen molar-refractivity contribution < 1.29 is 83.4 Å². The second-order valence-electron chi connectivity index (χ2n) is 4.33. The van der Waals surface area contributed by atoms with Gasteiger partial charge in [0.05, 0.1) is 54.8 Å². The summed E-state index contributed by atoms with van der Waals surface area (Å²) in [5.41, 5.74) is -0.701. The second kappa shape index (κ2) is 11.5. The number of hydrogen-bond acceptors (Lipinski definition) is 7. The van der Waals surface area contributed by atoms with Crippen LogP contribution in [0.3, 0.4) is 0 Å². The van der Waals surface area contributed by atoms with Gasteiger partial charge in [-0.15, -0.1) is 0 Å². The molecule has 0 aliphatic heterocycles. The third-order valence-electron chi connectivity index (χ3n) is 2.73. The maximum Gasteiger partial charge on any atom is 1.00 e. The first-order valence-corrected chi connectivity index (χ1v) is 7.50. The van der Waals surface area contributed by atoms with E-state index in [-0.39, 0.29) is 83.8 Å². The Labute approximate surface area is 162 Å². The van der Waals surface area contributed by atoms with Crippen molar-refractivity contribution in [2.45, 2.75) is 20.3 Å². The van der Waals surface area contributed by atoms with Gasteiger partial charge >= 0.3 is 57.4 Å². The molecule has 0 aromatic heterocycles. The van der Waals surface area contributed by atoms with E-state index in [1.165, 1.54) is 7.11 Å². The van der Waals surface area contributed by atoms with Crippen molar-refractivity contribution in [1.82, 2.24) is 0 Å². The number of carbonyl (C=O) groups is 1. The van der Waals surface area contributed by atoms with Crippen molar-refractivity contribution in [2.24, 2.45) is 5.41 Å². The van der Waals surface area contributed by atoms with Gasteiger partial charge in [-0.25, -0.2) is 8.42 Å². The molecular formula is C11H21KO7S. The van der Waals surface area contributed by atoms with Crippen molar-refractivity contribution in [3.05, 3.63) is 0 Å². The Hall–Kier alpha value is 0.936. The molecule has 0 rings (SSSR count). The van der Waals surface area contributed by atoms with Crippen LogP contribution in [0.15, 0.2) is 0 Å². The van der Waals surface area contributed by atoms with Gasteiger partial charge in [0.1, 0.15) is 0 Å². The Bertz CT molecular complexity index is 371. The first-order chi connectivity index (χ1) is 8.75. The minimum atomic E-state index is -4.24. The van der Waals surface area contributed by atoms with Crippen LogP contribution in [0.5, 0.6) is 0 Å². The van der Waals surface area contributed by atoms with Gasteiger partial charge in [0.2, 0.25) is 0 Å². The summed E-state index contributed by atoms with van der Waals surface area (Å²) in [7, 11) is -2.91. The van der Waals surface area contributed by atoms with Gasteiger partial charge in [0.25, 0.3) is 0 Å². The molecule has 1 atom stereocenters. The predicted octanol–water partition coefficient (Wildman–Crippen LogP) is -2.84. The van der Waals surface area contributed by atoms with Gasteiger partial charge in [0.15, 0.2) is 0 Å². The van der Waals surface area contributed by atoms with Gasteiger partial charge in [-0.05, 0) is 13.3 Å². The molecule has 0 aliphatic rings. The van der Waals surface area contributed by atoms with Crippen LogP contribution in [-0.2, 0) is 29.1 Å². The molecule has 0 aromatic carbocycles. The van der Waals surface area contributed by atoms with Gasteiger partial charge in [-0.3, -0.25) is 4.79 Å². The van der Waals surface area contributed by atoms with Crippen LogP contribution in [0.1, 0.15) is 20.3 Å². The summed E-state index contributed by atoms with van der Waals surface area (Å²) >= 11 is 0. The van der Waals surface area contributed by atoms with Crippen LogP contribution in [0.2, 0.25) is 0 Å². The van der Waals surface area contributed by atoms with Crippen molar-refractivity contribution in [3.63, 3.8) is 0 Å². The number of hydrogen-bond donors (Lipinski definition) is 0. The average molecular weight is 336 g/mol. The molecular weight excluding hydrogens is 315 g/mol. The molecule has 0 amide bonds. The normalized spacial score (nSPS) is 14.2. The van der Waals surface area contributed by atoms with Crippen LogP contribution in [0, 0.1) is 5.41 Å². The summed E-state index contributed by atoms with van der Waals surface area (Å²) in [6, 6.07) is 0. The van der Waals surface area contributed by atoms with E-state index in [9.17, 15) is 17.8 Å². The molecule has 0 spiro atoms. The Kier molecular flexibility index (Phi) is 13.3. The zero-order valence-corrected chi connectivity index (χ0v) is 16.4. The van der Waals surface area contributed by atoms with Crippen LogP contribution in [-0.4, -0.2) is 58.2 Å². The van der Waals surface area contributed by atoms with Gasteiger partial charge in [0, 0.05) is 0 Å². The monoisotopic (exact) mass is 336 g/mol. The van der Waals surface area contributed by atoms with Crippen molar-refractivity contribution >= 4 is 16.1 Å². The van der Waals surface area contributed by atoms with Crippen LogP contribution < -0.4 is 51.4 Å². The summed E-state index contributed by atoms with van der Waals surface area (Å²) in [4.78, 5) is 11.5. The van der Waals surface area contributed by atoms with E-state index in [4.69, 9.17) is 9.47 Å². The zero-order valence-electron chi connectivity index (χ0n) is 12.5. The van der Waals surface area contributed by atoms with E-state index in [1.807, 2.05) is 6.92 Å². The summed E-state index contributed by atoms with van der Waals surface area (Å²) in [5, 5.41) is 0. The summed E-state index contributed by atoms with van der Waals surface area (Å²) < 4.78 is 45.7. The first kappa shape index (κ1) is 23.2. The number of methoxy groups -OCH3 is 1. The Morgan fingerprint density at radius 2 is 1.75 bits per heavy atom. The molecule has 0 bridgehead atoms. The predicted molar refractivity (Wildman–Crippen MR) is 66.6 cm³/mol. The average Bonchev–Trinajstić information content (AvgIpc) is 2.34. The molecule has 114 valence electrons. The molecule has 9 heteroatoms. The minimum Gasteiger partial charge on any atom is -0.748 e. The SMILES string of the molecule is CCC(C)(COCCOCCS(=O)(=O)[O-])C(=O)OC.[K+]. The number of rotatable bonds is 10. The smallest absolute Gasteiger partial charge is 0.748 e. The molecule has 20 heavy (non-hydrogen) atoms. The fraction of sp³-hybridized carbons (Fsp3) is 0.909. The standard InChI is InChI=1S/C11H22O7S.K/c1-4-11(2,10(12)16-3)9-18-6-5-17-7-8-19(13,14)15;/h4-9H2,1-3H3,(H,13,14,15);/q;+1/p-1. The third kappa shape index (κ3) is 10.6. The van der Waals surface area contributed by atoms with Crippen LogP contribution in [0.4, 0.5) is 0 Å². The molecule has 0 fully saturated rings. The maximum atomic E-state index is 11.5. The Morgan fingerprint density at radius 3 is 2.20 bits per heavy atom. The van der Waals surface area contributed by atoms with Crippen molar-refractivity contribution in [1.29, 1.82) is 0 Å². The van der Waals surface area contributed by atoms with E-state index in [2.05, 4.69) is 4.74 Å². The summed E-state index contributed by atoms with van der Waals surface area (Å²) in [6.45, 7) is 4.01. The largest absolute Gasteiger partial charge is 1.00 e. The Balaban J connectivity index is 0. The number of carbonyl (C=O) groups excluding carboxylic acids is 1. The molecule has 0 saturated carbocycles. The fourth-order valence-corrected chi connectivity index (χ4v) is 1.55. The topological polar surface area (TPSA) is 102 Å². The van der Waals surface area contributed by atoms with Crippen LogP contribution in [0.25, 0.3) is 0 Å². The van der Waals surface area contributed by atoms with E-state index in [1.54, 1.807) is 6.92 Å². The molecule has 0 aromatic rings. The molecule has 0 N–H and O–H groups in total. The van der Waals surface area contributed by atoms with Crippen molar-refractivity contribution in [2.75, 3.05) is 39.3 Å². The zero-order chi connectivity index (χ0) is 14.9. The number of esters is 1. The van der Waals surface area contributed by atoms with E-state index in [0.29, 0.717) is 6.42 Å². The van der Waals surface area contributed by atoms with Gasteiger partial charge < -0.3 is 18.8 Å². The fourth-order valence-electron chi connectivity index (χ4n) is 1.23. The summed E-state index contributed by atoms with van der Waals surface area (Å²) in [6.07, 6.45) is 0.578. The third-order valence-corrected chi connectivity index (χ3v) is 3.40. The Morgan fingerprint density at radius 1 is 1.20 bits per heavy atom.